The van der Waals surface area contributed by atoms with Crippen LogP contribution in [0.1, 0.15) is 78.6 Å². The molecule has 0 aromatic rings. The lowest BCUT2D eigenvalue weighted by molar-refractivity contribution is -0.151. The molecule has 4 aliphatic rings. The summed E-state index contributed by atoms with van der Waals surface area (Å²) in [5, 5.41) is 10.5. The summed E-state index contributed by atoms with van der Waals surface area (Å²) in [7, 11) is 0. The molecule has 7 atom stereocenters. The summed E-state index contributed by atoms with van der Waals surface area (Å²) in [6.45, 7) is 6.82. The largest absolute Gasteiger partial charge is 0.390 e. The van der Waals surface area contributed by atoms with Gasteiger partial charge in [0.05, 0.1) is 5.60 Å². The van der Waals surface area contributed by atoms with Crippen LogP contribution in [0.4, 0.5) is 0 Å². The van der Waals surface area contributed by atoms with Crippen LogP contribution in [0.2, 0.25) is 0 Å². The van der Waals surface area contributed by atoms with Crippen molar-refractivity contribution in [1.29, 1.82) is 0 Å². The zero-order valence-corrected chi connectivity index (χ0v) is 14.5. The van der Waals surface area contributed by atoms with E-state index in [1.807, 2.05) is 6.92 Å². The molecule has 0 spiro atoms. The molecule has 22 heavy (non-hydrogen) atoms. The number of carbonyl (C=O) groups excluding carboxylic acids is 1. The van der Waals surface area contributed by atoms with Crippen molar-refractivity contribution in [2.24, 2.45) is 34.5 Å². The summed E-state index contributed by atoms with van der Waals surface area (Å²) >= 11 is 0. The minimum absolute atomic E-state index is 0.00449. The number of ketones is 1. The van der Waals surface area contributed by atoms with Crippen LogP contribution in [0.3, 0.4) is 0 Å². The number of hydrogen-bond acceptors (Lipinski definition) is 2. The van der Waals surface area contributed by atoms with E-state index >= 15 is 0 Å². The van der Waals surface area contributed by atoms with E-state index in [4.69, 9.17) is 0 Å². The maximum absolute atomic E-state index is 12.4. The maximum atomic E-state index is 12.4. The van der Waals surface area contributed by atoms with Crippen LogP contribution in [-0.4, -0.2) is 16.5 Å². The third kappa shape index (κ3) is 1.92. The summed E-state index contributed by atoms with van der Waals surface area (Å²) in [5.74, 6) is 3.47. The van der Waals surface area contributed by atoms with Crippen LogP contribution in [-0.2, 0) is 4.79 Å². The van der Waals surface area contributed by atoms with Crippen LogP contribution in [0, 0.1) is 34.5 Å². The number of carbonyl (C=O) groups is 1. The van der Waals surface area contributed by atoms with Gasteiger partial charge in [-0.05, 0) is 87.4 Å². The fourth-order valence-electron chi connectivity index (χ4n) is 7.20. The molecule has 0 unspecified atom stereocenters. The van der Waals surface area contributed by atoms with Crippen molar-refractivity contribution in [3.05, 3.63) is 0 Å². The Bertz CT molecular complexity index is 496. The second-order valence-corrected chi connectivity index (χ2v) is 9.78. The fourth-order valence-corrected chi connectivity index (χ4v) is 7.20. The predicted octanol–water partition coefficient (Wildman–Crippen LogP) is 4.35. The van der Waals surface area contributed by atoms with Gasteiger partial charge in [-0.1, -0.05) is 13.8 Å². The highest BCUT2D eigenvalue weighted by molar-refractivity contribution is 5.87. The average Bonchev–Trinajstić information content (AvgIpc) is 2.76. The Balaban J connectivity index is 1.63. The second-order valence-electron chi connectivity index (χ2n) is 9.78. The molecule has 0 aromatic carbocycles. The van der Waals surface area contributed by atoms with Gasteiger partial charge in [0.25, 0.3) is 0 Å². The Morgan fingerprint density at radius 3 is 2.50 bits per heavy atom. The molecule has 0 aliphatic heterocycles. The Morgan fingerprint density at radius 1 is 0.955 bits per heavy atom. The Kier molecular flexibility index (Phi) is 3.16. The highest BCUT2D eigenvalue weighted by Crippen LogP contribution is 2.66. The maximum Gasteiger partial charge on any atom is 0.139 e. The number of Topliss-reactive ketones (excluding diaryl/α,β-unsaturated/α-hetero) is 1. The summed E-state index contributed by atoms with van der Waals surface area (Å²) in [5.41, 5.74) is -0.0217. The van der Waals surface area contributed by atoms with Crippen LogP contribution in [0.5, 0.6) is 0 Å². The van der Waals surface area contributed by atoms with E-state index in [1.54, 1.807) is 0 Å². The normalized spacial score (nSPS) is 57.9. The zero-order valence-electron chi connectivity index (χ0n) is 14.5. The van der Waals surface area contributed by atoms with Gasteiger partial charge < -0.3 is 5.11 Å². The van der Waals surface area contributed by atoms with Crippen molar-refractivity contribution >= 4 is 5.78 Å². The van der Waals surface area contributed by atoms with E-state index in [1.165, 1.54) is 25.7 Å². The average molecular weight is 304 g/mol. The van der Waals surface area contributed by atoms with Crippen LogP contribution in [0.15, 0.2) is 0 Å². The van der Waals surface area contributed by atoms with Gasteiger partial charge in [0.2, 0.25) is 0 Å². The summed E-state index contributed by atoms with van der Waals surface area (Å²) in [4.78, 5) is 12.4. The van der Waals surface area contributed by atoms with Gasteiger partial charge in [-0.3, -0.25) is 4.79 Å². The SMILES string of the molecule is C[C@]1(O)CC[C@@]2(C)[C@@H](CC[C@@H]3[C@@H]2CC[C@]2(C)C(=O)CC[C@@H]32)C1. The highest BCUT2D eigenvalue weighted by atomic mass is 16.3. The molecule has 0 amide bonds. The van der Waals surface area contributed by atoms with E-state index in [-0.39, 0.29) is 5.41 Å². The molecule has 0 radical (unpaired) electrons. The highest BCUT2D eigenvalue weighted by Gasteiger charge is 2.60. The van der Waals surface area contributed by atoms with Crippen LogP contribution in [0.25, 0.3) is 0 Å². The minimum Gasteiger partial charge on any atom is -0.390 e. The van der Waals surface area contributed by atoms with Crippen LogP contribution >= 0.6 is 0 Å². The Morgan fingerprint density at radius 2 is 1.73 bits per heavy atom. The Labute approximate surface area is 135 Å². The third-order valence-electron chi connectivity index (χ3n) is 8.66. The standard InChI is InChI=1S/C20H32O2/c1-18(22)10-11-19(2)13(12-18)4-5-14-15-6-7-17(21)20(15,3)9-8-16(14)19/h13-16,22H,4-12H2,1-3H3/t13-,14-,15-,16-,18-,19-,20-/m0/s1. The first-order valence-electron chi connectivity index (χ1n) is 9.52. The van der Waals surface area contributed by atoms with E-state index < -0.39 is 5.60 Å². The monoisotopic (exact) mass is 304 g/mol. The van der Waals surface area contributed by atoms with E-state index in [0.29, 0.717) is 23.0 Å². The van der Waals surface area contributed by atoms with Gasteiger partial charge in [0.1, 0.15) is 5.78 Å². The minimum atomic E-state index is -0.441. The molecule has 2 heteroatoms. The van der Waals surface area contributed by atoms with Crippen molar-refractivity contribution < 1.29 is 9.90 Å². The molecular weight excluding hydrogens is 272 g/mol. The number of fused-ring (bicyclic) bond motifs is 5. The molecule has 124 valence electrons. The quantitative estimate of drug-likeness (QED) is 0.722. The molecule has 0 bridgehead atoms. The first-order chi connectivity index (χ1) is 10.3. The molecule has 4 rings (SSSR count). The van der Waals surface area contributed by atoms with Gasteiger partial charge in [0, 0.05) is 11.8 Å². The summed E-state index contributed by atoms with van der Waals surface area (Å²) < 4.78 is 0. The van der Waals surface area contributed by atoms with Gasteiger partial charge >= 0.3 is 0 Å². The smallest absolute Gasteiger partial charge is 0.139 e. The molecule has 0 aromatic heterocycles. The molecule has 1 N–H and O–H groups in total. The van der Waals surface area contributed by atoms with Gasteiger partial charge in [-0.2, -0.15) is 0 Å². The molecule has 2 nitrogen and oxygen atoms in total. The van der Waals surface area contributed by atoms with Crippen LogP contribution < -0.4 is 0 Å². The van der Waals surface area contributed by atoms with Crippen molar-refractivity contribution in [2.45, 2.75) is 84.2 Å². The molecule has 4 fully saturated rings. The van der Waals surface area contributed by atoms with E-state index in [2.05, 4.69) is 13.8 Å². The Hall–Kier alpha value is -0.370. The topological polar surface area (TPSA) is 37.3 Å². The molecule has 4 saturated carbocycles. The van der Waals surface area contributed by atoms with E-state index in [0.717, 1.165) is 43.9 Å². The number of rotatable bonds is 0. The summed E-state index contributed by atoms with van der Waals surface area (Å²) in [6.07, 6.45) is 10.1. The summed E-state index contributed by atoms with van der Waals surface area (Å²) in [6, 6.07) is 0. The molecule has 0 saturated heterocycles. The lowest BCUT2D eigenvalue weighted by atomic mass is 9.44. The van der Waals surface area contributed by atoms with Gasteiger partial charge in [-0.15, -0.1) is 0 Å². The van der Waals surface area contributed by atoms with Gasteiger partial charge in [-0.25, -0.2) is 0 Å². The molecular formula is C20H32O2. The molecule has 0 heterocycles. The third-order valence-corrected chi connectivity index (χ3v) is 8.66. The van der Waals surface area contributed by atoms with Gasteiger partial charge in [0.15, 0.2) is 0 Å². The predicted molar refractivity (Wildman–Crippen MR) is 87.4 cm³/mol. The number of hydrogen-bond donors (Lipinski definition) is 1. The molecule has 4 aliphatic carbocycles. The first-order valence-corrected chi connectivity index (χ1v) is 9.52. The second kappa shape index (κ2) is 4.59. The van der Waals surface area contributed by atoms with Crippen molar-refractivity contribution in [3.63, 3.8) is 0 Å². The van der Waals surface area contributed by atoms with E-state index in [9.17, 15) is 9.90 Å². The number of aliphatic hydroxyl groups is 1. The first kappa shape index (κ1) is 15.2. The van der Waals surface area contributed by atoms with Crippen molar-refractivity contribution in [1.82, 2.24) is 0 Å². The van der Waals surface area contributed by atoms with Crippen molar-refractivity contribution in [3.8, 4) is 0 Å². The zero-order chi connectivity index (χ0) is 15.8. The van der Waals surface area contributed by atoms with Crippen molar-refractivity contribution in [2.75, 3.05) is 0 Å². The fraction of sp³-hybridized carbons (Fsp3) is 0.950. The lowest BCUT2D eigenvalue weighted by Gasteiger charge is -2.61. The lowest BCUT2D eigenvalue weighted by Crippen LogP contribution is -2.55.